The summed E-state index contributed by atoms with van der Waals surface area (Å²) in [5.74, 6) is 0.172. The predicted octanol–water partition coefficient (Wildman–Crippen LogP) is 2.90. The fourth-order valence-corrected chi connectivity index (χ4v) is 3.25. The second-order valence-electron chi connectivity index (χ2n) is 6.07. The van der Waals surface area contributed by atoms with E-state index < -0.39 is 9.84 Å². The summed E-state index contributed by atoms with van der Waals surface area (Å²) in [5.41, 5.74) is 2.12. The molecule has 7 heteroatoms. The maximum absolute atomic E-state index is 12.6. The van der Waals surface area contributed by atoms with Gasteiger partial charge in [0, 0.05) is 17.9 Å². The van der Waals surface area contributed by atoms with E-state index in [-0.39, 0.29) is 16.4 Å². The number of anilines is 1. The molecular weight excluding hydrogens is 350 g/mol. The number of amides is 1. The number of aromatic nitrogens is 2. The van der Waals surface area contributed by atoms with E-state index in [1.165, 1.54) is 12.1 Å². The molecule has 0 unspecified atom stereocenters. The van der Waals surface area contributed by atoms with Gasteiger partial charge < -0.3 is 5.32 Å². The van der Waals surface area contributed by atoms with E-state index in [9.17, 15) is 13.2 Å². The number of sulfone groups is 1. The van der Waals surface area contributed by atoms with Gasteiger partial charge in [0.1, 0.15) is 5.82 Å². The Hall–Kier alpha value is -2.93. The highest BCUT2D eigenvalue weighted by molar-refractivity contribution is 7.90. The number of nitrogens with one attached hydrogen (secondary N) is 1. The van der Waals surface area contributed by atoms with Crippen LogP contribution in [-0.2, 0) is 16.4 Å². The van der Waals surface area contributed by atoms with Crippen molar-refractivity contribution in [3.8, 4) is 0 Å². The van der Waals surface area contributed by atoms with Crippen LogP contribution in [0, 0.1) is 6.92 Å². The van der Waals surface area contributed by atoms with Crippen LogP contribution in [0.5, 0.6) is 0 Å². The first kappa shape index (κ1) is 17.9. The van der Waals surface area contributed by atoms with Gasteiger partial charge >= 0.3 is 0 Å². The van der Waals surface area contributed by atoms with Crippen molar-refractivity contribution in [2.24, 2.45) is 0 Å². The normalized spacial score (nSPS) is 11.3. The van der Waals surface area contributed by atoms with Gasteiger partial charge in [-0.05, 0) is 30.7 Å². The van der Waals surface area contributed by atoms with E-state index in [0.29, 0.717) is 12.4 Å². The van der Waals surface area contributed by atoms with Crippen LogP contribution in [0.2, 0.25) is 0 Å². The molecule has 0 saturated heterocycles. The summed E-state index contributed by atoms with van der Waals surface area (Å²) in [6, 6.07) is 17.5. The summed E-state index contributed by atoms with van der Waals surface area (Å²) in [7, 11) is -3.37. The van der Waals surface area contributed by atoms with Crippen molar-refractivity contribution < 1.29 is 13.2 Å². The van der Waals surface area contributed by atoms with Crippen molar-refractivity contribution in [3.63, 3.8) is 0 Å². The standard InChI is InChI=1S/C19H19N3O3S/c1-14-11-18(22(21-14)13-15-7-4-3-5-8-15)20-19(23)16-9-6-10-17(12-16)26(2,24)25/h3-12H,13H2,1-2H3,(H,20,23). The molecule has 2 aromatic carbocycles. The topological polar surface area (TPSA) is 81.1 Å². The van der Waals surface area contributed by atoms with Crippen molar-refractivity contribution >= 4 is 21.6 Å². The van der Waals surface area contributed by atoms with Crippen molar-refractivity contribution in [3.05, 3.63) is 77.5 Å². The summed E-state index contributed by atoms with van der Waals surface area (Å²) in [6.45, 7) is 2.37. The molecule has 0 bridgehead atoms. The van der Waals surface area contributed by atoms with Crippen LogP contribution in [0.4, 0.5) is 5.82 Å². The minimum atomic E-state index is -3.37. The average Bonchev–Trinajstić information content (AvgIpc) is 2.94. The van der Waals surface area contributed by atoms with E-state index in [1.54, 1.807) is 22.9 Å². The lowest BCUT2D eigenvalue weighted by Crippen LogP contribution is -2.16. The van der Waals surface area contributed by atoms with Crippen molar-refractivity contribution in [1.29, 1.82) is 0 Å². The molecule has 1 heterocycles. The second-order valence-corrected chi connectivity index (χ2v) is 8.08. The Morgan fingerprint density at radius 2 is 1.81 bits per heavy atom. The Labute approximate surface area is 152 Å². The van der Waals surface area contributed by atoms with Gasteiger partial charge in [-0.1, -0.05) is 36.4 Å². The predicted molar refractivity (Wildman–Crippen MR) is 100 cm³/mol. The third-order valence-electron chi connectivity index (χ3n) is 3.84. The van der Waals surface area contributed by atoms with Crippen molar-refractivity contribution in [2.45, 2.75) is 18.4 Å². The Balaban J connectivity index is 1.84. The number of rotatable bonds is 5. The van der Waals surface area contributed by atoms with Crippen LogP contribution in [0.15, 0.2) is 65.6 Å². The van der Waals surface area contributed by atoms with Gasteiger partial charge in [-0.25, -0.2) is 13.1 Å². The third-order valence-corrected chi connectivity index (χ3v) is 4.95. The van der Waals surface area contributed by atoms with E-state index in [2.05, 4.69) is 10.4 Å². The molecule has 3 aromatic rings. The van der Waals surface area contributed by atoms with Crippen molar-refractivity contribution in [2.75, 3.05) is 11.6 Å². The number of carbonyl (C=O) groups excluding carboxylic acids is 1. The quantitative estimate of drug-likeness (QED) is 0.750. The van der Waals surface area contributed by atoms with Gasteiger partial charge in [0.15, 0.2) is 9.84 Å². The second kappa shape index (κ2) is 7.13. The summed E-state index contributed by atoms with van der Waals surface area (Å²) >= 11 is 0. The maximum Gasteiger partial charge on any atom is 0.256 e. The van der Waals surface area contributed by atoms with Crippen LogP contribution in [0.3, 0.4) is 0 Å². The Kier molecular flexibility index (Phi) is 4.90. The number of hydrogen-bond donors (Lipinski definition) is 1. The fourth-order valence-electron chi connectivity index (χ4n) is 2.58. The smallest absolute Gasteiger partial charge is 0.256 e. The zero-order valence-electron chi connectivity index (χ0n) is 14.5. The minimum Gasteiger partial charge on any atom is -0.307 e. The molecular formula is C19H19N3O3S. The highest BCUT2D eigenvalue weighted by Crippen LogP contribution is 2.16. The van der Waals surface area contributed by atoms with Crippen LogP contribution in [0.25, 0.3) is 0 Å². The SMILES string of the molecule is Cc1cc(NC(=O)c2cccc(S(C)(=O)=O)c2)n(Cc2ccccc2)n1. The van der Waals surface area contributed by atoms with Gasteiger partial charge in [0.05, 0.1) is 17.1 Å². The molecule has 0 radical (unpaired) electrons. The summed E-state index contributed by atoms with van der Waals surface area (Å²) in [4.78, 5) is 12.7. The lowest BCUT2D eigenvalue weighted by Gasteiger charge is -2.10. The molecule has 3 rings (SSSR count). The van der Waals surface area contributed by atoms with E-state index in [0.717, 1.165) is 17.5 Å². The number of carbonyl (C=O) groups is 1. The first-order valence-corrected chi connectivity index (χ1v) is 9.92. The zero-order chi connectivity index (χ0) is 18.7. The lowest BCUT2D eigenvalue weighted by molar-refractivity contribution is 0.102. The lowest BCUT2D eigenvalue weighted by atomic mass is 10.2. The van der Waals surface area contributed by atoms with Gasteiger partial charge in [-0.2, -0.15) is 5.10 Å². The van der Waals surface area contributed by atoms with E-state index in [1.807, 2.05) is 37.3 Å². The van der Waals surface area contributed by atoms with E-state index >= 15 is 0 Å². The average molecular weight is 369 g/mol. The summed E-state index contributed by atoms with van der Waals surface area (Å²) in [5, 5.41) is 7.23. The Morgan fingerprint density at radius 1 is 1.08 bits per heavy atom. The molecule has 0 fully saturated rings. The van der Waals surface area contributed by atoms with Gasteiger partial charge in [0.2, 0.25) is 0 Å². The number of benzene rings is 2. The number of aryl methyl sites for hydroxylation is 1. The Bertz CT molecular complexity index is 1040. The largest absolute Gasteiger partial charge is 0.307 e. The van der Waals surface area contributed by atoms with Crippen LogP contribution >= 0.6 is 0 Å². The fraction of sp³-hybridized carbons (Fsp3) is 0.158. The van der Waals surface area contributed by atoms with E-state index in [4.69, 9.17) is 0 Å². The van der Waals surface area contributed by atoms with Crippen LogP contribution in [0.1, 0.15) is 21.6 Å². The maximum atomic E-state index is 12.6. The third kappa shape index (κ3) is 4.18. The molecule has 1 amide bonds. The molecule has 1 aromatic heterocycles. The first-order chi connectivity index (χ1) is 12.3. The highest BCUT2D eigenvalue weighted by atomic mass is 32.2. The zero-order valence-corrected chi connectivity index (χ0v) is 15.3. The van der Waals surface area contributed by atoms with Crippen LogP contribution in [-0.4, -0.2) is 30.4 Å². The molecule has 0 aliphatic rings. The van der Waals surface area contributed by atoms with Gasteiger partial charge in [-0.15, -0.1) is 0 Å². The molecule has 134 valence electrons. The summed E-state index contributed by atoms with van der Waals surface area (Å²) < 4.78 is 25.1. The number of hydrogen-bond acceptors (Lipinski definition) is 4. The highest BCUT2D eigenvalue weighted by Gasteiger charge is 2.14. The monoisotopic (exact) mass is 369 g/mol. The minimum absolute atomic E-state index is 0.110. The Morgan fingerprint density at radius 3 is 2.50 bits per heavy atom. The molecule has 0 aliphatic carbocycles. The van der Waals surface area contributed by atoms with Crippen LogP contribution < -0.4 is 5.32 Å². The van der Waals surface area contributed by atoms with Gasteiger partial charge in [0.25, 0.3) is 5.91 Å². The van der Waals surface area contributed by atoms with Gasteiger partial charge in [-0.3, -0.25) is 4.79 Å². The first-order valence-electron chi connectivity index (χ1n) is 8.03. The molecule has 1 N–H and O–H groups in total. The molecule has 0 spiro atoms. The molecule has 26 heavy (non-hydrogen) atoms. The molecule has 0 atom stereocenters. The molecule has 6 nitrogen and oxygen atoms in total. The summed E-state index contributed by atoms with van der Waals surface area (Å²) in [6.07, 6.45) is 1.11. The van der Waals surface area contributed by atoms with Crippen molar-refractivity contribution in [1.82, 2.24) is 9.78 Å². The number of nitrogens with zero attached hydrogens (tertiary/aromatic N) is 2. The molecule has 0 aliphatic heterocycles. The molecule has 0 saturated carbocycles.